The van der Waals surface area contributed by atoms with Crippen LogP contribution in [0.4, 0.5) is 5.69 Å². The van der Waals surface area contributed by atoms with Crippen molar-refractivity contribution in [2.24, 2.45) is 11.1 Å². The third-order valence-electron chi connectivity index (χ3n) is 8.84. The van der Waals surface area contributed by atoms with Gasteiger partial charge >= 0.3 is 0 Å². The molecule has 204 valence electrons. The average Bonchev–Trinajstić information content (AvgIpc) is 3.73. The van der Waals surface area contributed by atoms with E-state index in [1.807, 2.05) is 41.3 Å². The number of piperidine rings is 1. The van der Waals surface area contributed by atoms with Crippen LogP contribution in [0.15, 0.2) is 48.7 Å². The van der Waals surface area contributed by atoms with Gasteiger partial charge in [0.1, 0.15) is 16.9 Å². The molecule has 6 rings (SSSR count). The second-order valence-electron chi connectivity index (χ2n) is 10.9. The van der Waals surface area contributed by atoms with Gasteiger partial charge in [-0.15, -0.1) is 0 Å². The largest absolute Gasteiger partial charge is 0.493 e. The number of aromatic nitrogens is 1. The van der Waals surface area contributed by atoms with Crippen LogP contribution >= 0.6 is 0 Å². The Bertz CT molecular complexity index is 1410. The Morgan fingerprint density at radius 2 is 1.62 bits per heavy atom. The minimum Gasteiger partial charge on any atom is -0.493 e. The number of fused-ring (bicyclic) bond motifs is 3. The lowest BCUT2D eigenvalue weighted by Crippen LogP contribution is -2.54. The van der Waals surface area contributed by atoms with Crippen LogP contribution in [0.5, 0.6) is 23.0 Å². The molecule has 3 fully saturated rings. The molecule has 2 aromatic carbocycles. The highest BCUT2D eigenvalue weighted by Gasteiger charge is 2.58. The number of ether oxygens (including phenoxy) is 3. The quantitative estimate of drug-likeness (QED) is 0.434. The van der Waals surface area contributed by atoms with Gasteiger partial charge in [-0.2, -0.15) is 0 Å². The van der Waals surface area contributed by atoms with Gasteiger partial charge in [0.15, 0.2) is 11.5 Å². The number of rotatable bonds is 8. The topological polar surface area (TPSA) is 107 Å². The number of carbonyl (C=O) groups excluding carboxylic acids is 2. The van der Waals surface area contributed by atoms with Crippen LogP contribution in [-0.4, -0.2) is 61.1 Å². The monoisotopic (exact) mass is 530 g/mol. The van der Waals surface area contributed by atoms with Crippen molar-refractivity contribution < 1.29 is 23.8 Å². The summed E-state index contributed by atoms with van der Waals surface area (Å²) >= 11 is 0. The van der Waals surface area contributed by atoms with Crippen molar-refractivity contribution >= 4 is 28.4 Å². The van der Waals surface area contributed by atoms with Crippen LogP contribution in [-0.2, 0) is 9.59 Å². The fraction of sp³-hybridized carbons (Fsp3) is 0.433. The maximum atomic E-state index is 13.9. The van der Waals surface area contributed by atoms with Crippen LogP contribution in [0.25, 0.3) is 10.9 Å². The first kappa shape index (κ1) is 25.4. The number of methoxy groups -OCH3 is 2. The first-order chi connectivity index (χ1) is 18.8. The third-order valence-corrected chi connectivity index (χ3v) is 8.84. The van der Waals surface area contributed by atoms with Crippen molar-refractivity contribution in [1.82, 2.24) is 9.88 Å². The summed E-state index contributed by atoms with van der Waals surface area (Å²) in [5, 5.41) is 0.787. The van der Waals surface area contributed by atoms with Gasteiger partial charge in [0.05, 0.1) is 19.7 Å². The van der Waals surface area contributed by atoms with Gasteiger partial charge in [0.25, 0.3) is 0 Å². The highest BCUT2D eigenvalue weighted by Crippen LogP contribution is 2.49. The van der Waals surface area contributed by atoms with E-state index in [1.165, 1.54) is 0 Å². The molecule has 1 aromatic heterocycles. The van der Waals surface area contributed by atoms with Crippen molar-refractivity contribution in [2.45, 2.75) is 56.7 Å². The second-order valence-corrected chi connectivity index (χ2v) is 10.9. The van der Waals surface area contributed by atoms with Crippen molar-refractivity contribution in [3.05, 3.63) is 48.7 Å². The normalized spacial score (nSPS) is 23.3. The molecule has 9 nitrogen and oxygen atoms in total. The number of anilines is 1. The van der Waals surface area contributed by atoms with Gasteiger partial charge < -0.3 is 29.7 Å². The molecule has 1 aliphatic carbocycles. The summed E-state index contributed by atoms with van der Waals surface area (Å²) < 4.78 is 17.1. The molecule has 3 heterocycles. The molecule has 2 saturated heterocycles. The lowest BCUT2D eigenvalue weighted by Gasteiger charge is -2.42. The lowest BCUT2D eigenvalue weighted by atomic mass is 9.93. The van der Waals surface area contributed by atoms with Crippen molar-refractivity contribution in [2.75, 3.05) is 26.2 Å². The van der Waals surface area contributed by atoms with Crippen LogP contribution in [0.2, 0.25) is 0 Å². The third kappa shape index (κ3) is 4.34. The van der Waals surface area contributed by atoms with Crippen molar-refractivity contribution in [3.8, 4) is 23.0 Å². The smallest absolute Gasteiger partial charge is 0.242 e. The summed E-state index contributed by atoms with van der Waals surface area (Å²) in [4.78, 5) is 34.9. The number of nitrogens with two attached hydrogens (primary N) is 1. The van der Waals surface area contributed by atoms with E-state index in [4.69, 9.17) is 19.9 Å². The first-order valence-corrected chi connectivity index (χ1v) is 13.5. The number of amides is 2. The number of primary amides is 1. The van der Waals surface area contributed by atoms with Gasteiger partial charge in [-0.3, -0.25) is 14.6 Å². The minimum absolute atomic E-state index is 0.0291. The van der Waals surface area contributed by atoms with Crippen LogP contribution in [0.1, 0.15) is 38.5 Å². The van der Waals surface area contributed by atoms with E-state index in [2.05, 4.69) is 16.9 Å². The fourth-order valence-corrected chi connectivity index (χ4v) is 6.35. The van der Waals surface area contributed by atoms with Gasteiger partial charge in [0, 0.05) is 41.5 Å². The van der Waals surface area contributed by atoms with Gasteiger partial charge in [0.2, 0.25) is 11.8 Å². The number of benzene rings is 2. The Labute approximate surface area is 227 Å². The fourth-order valence-electron chi connectivity index (χ4n) is 6.35. The summed E-state index contributed by atoms with van der Waals surface area (Å²) in [5.41, 5.74) is 6.13. The van der Waals surface area contributed by atoms with E-state index >= 15 is 0 Å². The molecule has 2 aliphatic heterocycles. The second kappa shape index (κ2) is 9.72. The summed E-state index contributed by atoms with van der Waals surface area (Å²) in [6.07, 6.45) is 6.78. The maximum absolute atomic E-state index is 13.9. The molecule has 3 aromatic rings. The molecule has 3 aliphatic rings. The number of carbonyl (C=O) groups is 2. The number of hydrogen-bond donors (Lipinski definition) is 1. The van der Waals surface area contributed by atoms with Gasteiger partial charge in [-0.25, -0.2) is 0 Å². The van der Waals surface area contributed by atoms with E-state index < -0.39 is 11.3 Å². The molecule has 2 bridgehead atoms. The number of nitrogens with zero attached hydrogens (tertiary/aromatic N) is 3. The standard InChI is InChI=1S/C30H34N4O5/c1-33-19-4-5-20(33)15-21(14-19)34(29(36)30(11-12-30)28(31)35)18-6-8-22(9-7-18)39-25-10-13-32-24-17-27(38-3)26(37-2)16-23(24)25/h6-10,13,16-17,19-21H,4-5,11-12,14-15H2,1-3H3,(H2,31,35)/t19-,20+,21?. The molecule has 1 saturated carbocycles. The SMILES string of the molecule is COc1cc2nccc(Oc3ccc(N(C(=O)C4(C(N)=O)CC4)C4C[C@H]5CC[C@@H](C4)N5C)cc3)c2cc1OC. The predicted molar refractivity (Wildman–Crippen MR) is 147 cm³/mol. The summed E-state index contributed by atoms with van der Waals surface area (Å²) in [7, 11) is 5.35. The lowest BCUT2D eigenvalue weighted by molar-refractivity contribution is -0.134. The highest BCUT2D eigenvalue weighted by molar-refractivity contribution is 6.14. The Kier molecular flexibility index (Phi) is 6.33. The molecule has 1 unspecified atom stereocenters. The molecule has 0 radical (unpaired) electrons. The van der Waals surface area contributed by atoms with Gasteiger partial charge in [-0.1, -0.05) is 0 Å². The molecule has 3 atom stereocenters. The van der Waals surface area contributed by atoms with E-state index in [9.17, 15) is 9.59 Å². The number of pyridine rings is 1. The van der Waals surface area contributed by atoms with Crippen LogP contribution in [0.3, 0.4) is 0 Å². The Morgan fingerprint density at radius 1 is 0.974 bits per heavy atom. The molecule has 39 heavy (non-hydrogen) atoms. The van der Waals surface area contributed by atoms with Crippen molar-refractivity contribution in [1.29, 1.82) is 0 Å². The van der Waals surface area contributed by atoms with E-state index in [0.717, 1.165) is 42.3 Å². The Hall–Kier alpha value is -3.85. The summed E-state index contributed by atoms with van der Waals surface area (Å²) in [6.45, 7) is 0. The minimum atomic E-state index is -1.08. The maximum Gasteiger partial charge on any atom is 0.242 e. The molecule has 9 heteroatoms. The molecule has 2 N–H and O–H groups in total. The summed E-state index contributed by atoms with van der Waals surface area (Å²) in [6, 6.07) is 13.9. The highest BCUT2D eigenvalue weighted by atomic mass is 16.5. The van der Waals surface area contributed by atoms with Crippen LogP contribution in [0, 0.1) is 5.41 Å². The zero-order valence-electron chi connectivity index (χ0n) is 22.6. The Morgan fingerprint density at radius 3 is 2.21 bits per heavy atom. The zero-order valence-corrected chi connectivity index (χ0v) is 22.6. The number of hydrogen-bond acceptors (Lipinski definition) is 7. The van der Waals surface area contributed by atoms with E-state index in [1.54, 1.807) is 26.5 Å². The van der Waals surface area contributed by atoms with E-state index in [0.29, 0.717) is 47.9 Å². The van der Waals surface area contributed by atoms with Crippen LogP contribution < -0.4 is 24.8 Å². The molecular weight excluding hydrogens is 496 g/mol. The average molecular weight is 531 g/mol. The summed E-state index contributed by atoms with van der Waals surface area (Å²) in [5.74, 6) is 1.73. The van der Waals surface area contributed by atoms with E-state index in [-0.39, 0.29) is 11.9 Å². The van der Waals surface area contributed by atoms with Crippen molar-refractivity contribution in [3.63, 3.8) is 0 Å². The Balaban J connectivity index is 1.30. The first-order valence-electron chi connectivity index (χ1n) is 13.5. The molecular formula is C30H34N4O5. The van der Waals surface area contributed by atoms with Gasteiger partial charge in [-0.05, 0) is 82.0 Å². The molecule has 0 spiro atoms. The molecule has 2 amide bonds. The zero-order chi connectivity index (χ0) is 27.3. The predicted octanol–water partition coefficient (Wildman–Crippen LogP) is 4.27.